The first-order chi connectivity index (χ1) is 5.74. The zero-order chi connectivity index (χ0) is 8.97. The molecule has 0 saturated carbocycles. The molecule has 0 atom stereocenters. The fourth-order valence-electron chi connectivity index (χ4n) is 0.916. The quantitative estimate of drug-likeness (QED) is 0.647. The first kappa shape index (κ1) is 9.82. The Morgan fingerprint density at radius 2 is 2.42 bits per heavy atom. The van der Waals surface area contributed by atoms with Crippen molar-refractivity contribution in [1.29, 1.82) is 0 Å². The van der Waals surface area contributed by atoms with Crippen LogP contribution in [0.3, 0.4) is 0 Å². The Hall–Kier alpha value is -0.270. The molecule has 0 radical (unpaired) electrons. The van der Waals surface area contributed by atoms with Crippen molar-refractivity contribution in [3.63, 3.8) is 0 Å². The summed E-state index contributed by atoms with van der Waals surface area (Å²) >= 11 is 7.56. The standard InChI is InChI=1S/C10H13ClS/c1-8(2)9(7-11)6-10-4-3-5-12-10/h3-6,8H,7H2,1-2H3. The average molecular weight is 201 g/mol. The number of halogens is 1. The smallest absolute Gasteiger partial charge is 0.0439 e. The Labute approximate surface area is 82.9 Å². The molecular formula is C10H13ClS. The molecule has 1 heterocycles. The predicted octanol–water partition coefficient (Wildman–Crippen LogP) is 4.03. The molecule has 0 aliphatic rings. The van der Waals surface area contributed by atoms with E-state index in [4.69, 9.17) is 11.6 Å². The van der Waals surface area contributed by atoms with E-state index in [1.165, 1.54) is 10.5 Å². The van der Waals surface area contributed by atoms with Gasteiger partial charge in [-0.1, -0.05) is 25.5 Å². The van der Waals surface area contributed by atoms with Crippen LogP contribution in [0.4, 0.5) is 0 Å². The largest absolute Gasteiger partial charge is 0.144 e. The summed E-state index contributed by atoms with van der Waals surface area (Å²) in [5.41, 5.74) is 1.30. The lowest BCUT2D eigenvalue weighted by molar-refractivity contribution is 0.778. The molecule has 0 bridgehead atoms. The lowest BCUT2D eigenvalue weighted by Gasteiger charge is -2.05. The van der Waals surface area contributed by atoms with Crippen LogP contribution in [0.5, 0.6) is 0 Å². The molecular weight excluding hydrogens is 188 g/mol. The van der Waals surface area contributed by atoms with Gasteiger partial charge in [0.1, 0.15) is 0 Å². The van der Waals surface area contributed by atoms with Gasteiger partial charge < -0.3 is 0 Å². The summed E-state index contributed by atoms with van der Waals surface area (Å²) in [6, 6.07) is 4.17. The number of rotatable bonds is 3. The zero-order valence-electron chi connectivity index (χ0n) is 7.38. The Morgan fingerprint density at radius 3 is 2.83 bits per heavy atom. The van der Waals surface area contributed by atoms with Crippen LogP contribution >= 0.6 is 22.9 Å². The summed E-state index contributed by atoms with van der Waals surface area (Å²) in [7, 11) is 0. The summed E-state index contributed by atoms with van der Waals surface area (Å²) in [6.45, 7) is 4.34. The third-order valence-corrected chi connectivity index (χ3v) is 2.89. The van der Waals surface area contributed by atoms with E-state index in [-0.39, 0.29) is 0 Å². The SMILES string of the molecule is CC(C)C(=Cc1cccs1)CCl. The molecule has 0 aromatic carbocycles. The van der Waals surface area contributed by atoms with Gasteiger partial charge in [0.25, 0.3) is 0 Å². The maximum Gasteiger partial charge on any atom is 0.0439 e. The monoisotopic (exact) mass is 200 g/mol. The summed E-state index contributed by atoms with van der Waals surface area (Å²) in [6.07, 6.45) is 2.18. The van der Waals surface area contributed by atoms with Crippen molar-refractivity contribution < 1.29 is 0 Å². The van der Waals surface area contributed by atoms with E-state index in [9.17, 15) is 0 Å². The van der Waals surface area contributed by atoms with Crippen LogP contribution in [0.1, 0.15) is 18.7 Å². The Kier molecular flexibility index (Phi) is 3.83. The number of thiophene rings is 1. The molecule has 2 heteroatoms. The summed E-state index contributed by atoms with van der Waals surface area (Å²) in [5, 5.41) is 2.08. The van der Waals surface area contributed by atoms with Crippen molar-refractivity contribution in [3.8, 4) is 0 Å². The van der Waals surface area contributed by atoms with Gasteiger partial charge in [0, 0.05) is 10.8 Å². The molecule has 0 N–H and O–H groups in total. The van der Waals surface area contributed by atoms with E-state index >= 15 is 0 Å². The maximum absolute atomic E-state index is 5.82. The topological polar surface area (TPSA) is 0 Å². The lowest BCUT2D eigenvalue weighted by Crippen LogP contribution is -1.94. The predicted molar refractivity (Wildman–Crippen MR) is 57.9 cm³/mol. The fraction of sp³-hybridized carbons (Fsp3) is 0.400. The minimum atomic E-state index is 0.546. The lowest BCUT2D eigenvalue weighted by atomic mass is 10.0. The van der Waals surface area contributed by atoms with Gasteiger partial charge in [0.05, 0.1) is 0 Å². The molecule has 0 saturated heterocycles. The van der Waals surface area contributed by atoms with Crippen LogP contribution in [0.15, 0.2) is 23.1 Å². The van der Waals surface area contributed by atoms with Crippen molar-refractivity contribution in [2.24, 2.45) is 5.92 Å². The van der Waals surface area contributed by atoms with Gasteiger partial charge in [-0.2, -0.15) is 0 Å². The van der Waals surface area contributed by atoms with Gasteiger partial charge in [0.2, 0.25) is 0 Å². The molecule has 1 aromatic rings. The van der Waals surface area contributed by atoms with Crippen molar-refractivity contribution in [2.45, 2.75) is 13.8 Å². The molecule has 0 nitrogen and oxygen atoms in total. The number of hydrogen-bond acceptors (Lipinski definition) is 1. The molecule has 12 heavy (non-hydrogen) atoms. The zero-order valence-corrected chi connectivity index (χ0v) is 8.95. The fourth-order valence-corrected chi connectivity index (χ4v) is 1.99. The maximum atomic E-state index is 5.82. The second-order valence-corrected chi connectivity index (χ2v) is 4.27. The molecule has 0 amide bonds. The van der Waals surface area contributed by atoms with Gasteiger partial charge in [-0.25, -0.2) is 0 Å². The highest BCUT2D eigenvalue weighted by Crippen LogP contribution is 2.18. The van der Waals surface area contributed by atoms with Crippen molar-refractivity contribution in [1.82, 2.24) is 0 Å². The second-order valence-electron chi connectivity index (χ2n) is 3.02. The summed E-state index contributed by atoms with van der Waals surface area (Å²) in [4.78, 5) is 1.29. The summed E-state index contributed by atoms with van der Waals surface area (Å²) < 4.78 is 0. The third-order valence-electron chi connectivity index (χ3n) is 1.77. The highest BCUT2D eigenvalue weighted by atomic mass is 35.5. The minimum Gasteiger partial charge on any atom is -0.144 e. The Morgan fingerprint density at radius 1 is 1.67 bits per heavy atom. The van der Waals surface area contributed by atoms with Crippen molar-refractivity contribution >= 4 is 29.0 Å². The van der Waals surface area contributed by atoms with E-state index in [1.54, 1.807) is 11.3 Å². The molecule has 0 spiro atoms. The van der Waals surface area contributed by atoms with Gasteiger partial charge >= 0.3 is 0 Å². The highest BCUT2D eigenvalue weighted by Gasteiger charge is 2.01. The molecule has 0 fully saturated rings. The van der Waals surface area contributed by atoms with E-state index in [0.29, 0.717) is 11.8 Å². The normalized spacial score (nSPS) is 12.5. The van der Waals surface area contributed by atoms with Gasteiger partial charge in [-0.05, 0) is 23.4 Å². The Bertz CT molecular complexity index is 247. The Balaban J connectivity index is 2.78. The van der Waals surface area contributed by atoms with E-state index < -0.39 is 0 Å². The molecule has 1 aromatic heterocycles. The molecule has 66 valence electrons. The second kappa shape index (κ2) is 4.68. The van der Waals surface area contributed by atoms with Crippen molar-refractivity contribution in [3.05, 3.63) is 28.0 Å². The summed E-state index contributed by atoms with van der Waals surface area (Å²) in [5.74, 6) is 1.18. The highest BCUT2D eigenvalue weighted by molar-refractivity contribution is 7.10. The number of allylic oxidation sites excluding steroid dienone is 1. The molecule has 0 aliphatic carbocycles. The number of alkyl halides is 1. The van der Waals surface area contributed by atoms with E-state index in [1.807, 2.05) is 0 Å². The van der Waals surface area contributed by atoms with Gasteiger partial charge in [-0.3, -0.25) is 0 Å². The van der Waals surface area contributed by atoms with Crippen LogP contribution in [-0.2, 0) is 0 Å². The molecule has 0 unspecified atom stereocenters. The van der Waals surface area contributed by atoms with Crippen LogP contribution in [0.25, 0.3) is 6.08 Å². The van der Waals surface area contributed by atoms with Crippen LogP contribution in [0.2, 0.25) is 0 Å². The van der Waals surface area contributed by atoms with Gasteiger partial charge in [-0.15, -0.1) is 22.9 Å². The molecule has 0 aliphatic heterocycles. The van der Waals surface area contributed by atoms with Gasteiger partial charge in [0.15, 0.2) is 0 Å². The van der Waals surface area contributed by atoms with Crippen molar-refractivity contribution in [2.75, 3.05) is 5.88 Å². The van der Waals surface area contributed by atoms with Crippen LogP contribution < -0.4 is 0 Å². The van der Waals surface area contributed by atoms with Crippen LogP contribution in [0, 0.1) is 5.92 Å². The number of hydrogen-bond donors (Lipinski definition) is 0. The first-order valence-corrected chi connectivity index (χ1v) is 5.45. The molecule has 1 rings (SSSR count). The third kappa shape index (κ3) is 2.65. The van der Waals surface area contributed by atoms with E-state index in [0.717, 1.165) is 0 Å². The first-order valence-electron chi connectivity index (χ1n) is 4.04. The minimum absolute atomic E-state index is 0.546. The van der Waals surface area contributed by atoms with E-state index in [2.05, 4.69) is 37.4 Å². The van der Waals surface area contributed by atoms with Crippen LogP contribution in [-0.4, -0.2) is 5.88 Å². The average Bonchev–Trinajstić information content (AvgIpc) is 2.51.